The van der Waals surface area contributed by atoms with Crippen LogP contribution in [0.15, 0.2) is 53.6 Å². The normalized spacial score (nSPS) is 21.0. The van der Waals surface area contributed by atoms with E-state index in [1.807, 2.05) is 18.2 Å². The van der Waals surface area contributed by atoms with E-state index < -0.39 is 10.0 Å². The van der Waals surface area contributed by atoms with Gasteiger partial charge >= 0.3 is 0 Å². The molecular formula is C18H23N3O3S. The van der Waals surface area contributed by atoms with Crippen molar-refractivity contribution in [1.82, 2.24) is 9.71 Å². The van der Waals surface area contributed by atoms with Crippen molar-refractivity contribution in [2.24, 2.45) is 5.92 Å². The molecule has 3 rings (SSSR count). The molecule has 2 heterocycles. The molecule has 25 heavy (non-hydrogen) atoms. The summed E-state index contributed by atoms with van der Waals surface area (Å²) in [6, 6.07) is 13.5. The predicted molar refractivity (Wildman–Crippen MR) is 96.8 cm³/mol. The predicted octanol–water partition coefficient (Wildman–Crippen LogP) is 2.57. The third kappa shape index (κ3) is 4.36. The summed E-state index contributed by atoms with van der Waals surface area (Å²) in [7, 11) is -2.07. The van der Waals surface area contributed by atoms with Gasteiger partial charge in [0.05, 0.1) is 6.10 Å². The standard InChI is InChI=1S/C18H23N3O3S/c1-19-25(22,23)16-9-10-17(21-13-16)20-12-15-8-5-11-24-18(15)14-6-3-2-4-7-14/h2-4,6-7,9-10,13,15,18-19H,5,8,11-12H2,1H3,(H,20,21). The van der Waals surface area contributed by atoms with E-state index in [0.717, 1.165) is 26.0 Å². The molecule has 6 nitrogen and oxygen atoms in total. The molecule has 0 aliphatic carbocycles. The van der Waals surface area contributed by atoms with Gasteiger partial charge in [0.1, 0.15) is 10.7 Å². The maximum atomic E-state index is 11.7. The van der Waals surface area contributed by atoms with Crippen molar-refractivity contribution < 1.29 is 13.2 Å². The molecule has 1 saturated heterocycles. The number of hydrogen-bond donors (Lipinski definition) is 2. The molecule has 2 unspecified atom stereocenters. The van der Waals surface area contributed by atoms with Crippen LogP contribution >= 0.6 is 0 Å². The molecule has 2 atom stereocenters. The third-order valence-electron chi connectivity index (χ3n) is 4.43. The van der Waals surface area contributed by atoms with Crippen LogP contribution < -0.4 is 10.0 Å². The molecule has 134 valence electrons. The fourth-order valence-electron chi connectivity index (χ4n) is 3.06. The second-order valence-electron chi connectivity index (χ2n) is 6.07. The summed E-state index contributed by atoms with van der Waals surface area (Å²) in [6.45, 7) is 1.51. The molecule has 0 bridgehead atoms. The number of sulfonamides is 1. The number of hydrogen-bond acceptors (Lipinski definition) is 5. The highest BCUT2D eigenvalue weighted by Gasteiger charge is 2.27. The number of aromatic nitrogens is 1. The monoisotopic (exact) mass is 361 g/mol. The Labute approximate surface area is 148 Å². The van der Waals surface area contributed by atoms with Crippen molar-refractivity contribution in [3.8, 4) is 0 Å². The van der Waals surface area contributed by atoms with E-state index in [9.17, 15) is 8.42 Å². The Morgan fingerprint density at radius 3 is 2.68 bits per heavy atom. The SMILES string of the molecule is CNS(=O)(=O)c1ccc(NCC2CCCOC2c2ccccc2)nc1. The minimum absolute atomic E-state index is 0.0754. The van der Waals surface area contributed by atoms with E-state index in [2.05, 4.69) is 27.2 Å². The molecule has 0 saturated carbocycles. The number of rotatable bonds is 6. The molecule has 2 N–H and O–H groups in total. The highest BCUT2D eigenvalue weighted by atomic mass is 32.2. The number of pyridine rings is 1. The molecule has 1 fully saturated rings. The Bertz CT molecular complexity index is 779. The van der Waals surface area contributed by atoms with E-state index in [1.165, 1.54) is 18.8 Å². The lowest BCUT2D eigenvalue weighted by Crippen LogP contribution is -2.28. The van der Waals surface area contributed by atoms with E-state index in [1.54, 1.807) is 12.1 Å². The highest BCUT2D eigenvalue weighted by Crippen LogP contribution is 2.33. The first-order chi connectivity index (χ1) is 12.1. The average Bonchev–Trinajstić information content (AvgIpc) is 2.67. The van der Waals surface area contributed by atoms with Crippen LogP contribution in [0.2, 0.25) is 0 Å². The second kappa shape index (κ2) is 7.95. The smallest absolute Gasteiger partial charge is 0.241 e. The van der Waals surface area contributed by atoms with Crippen molar-refractivity contribution in [2.45, 2.75) is 23.8 Å². The minimum atomic E-state index is -3.46. The highest BCUT2D eigenvalue weighted by molar-refractivity contribution is 7.89. The van der Waals surface area contributed by atoms with Gasteiger partial charge < -0.3 is 10.1 Å². The van der Waals surface area contributed by atoms with Gasteiger partial charge in [-0.05, 0) is 37.6 Å². The van der Waals surface area contributed by atoms with Crippen LogP contribution in [0.1, 0.15) is 24.5 Å². The van der Waals surface area contributed by atoms with E-state index in [4.69, 9.17) is 4.74 Å². The van der Waals surface area contributed by atoms with E-state index in [-0.39, 0.29) is 11.0 Å². The molecule has 0 radical (unpaired) electrons. The summed E-state index contributed by atoms with van der Waals surface area (Å²) in [4.78, 5) is 4.36. The van der Waals surface area contributed by atoms with Crippen molar-refractivity contribution >= 4 is 15.8 Å². The molecule has 0 amide bonds. The molecule has 2 aromatic rings. The molecule has 1 aliphatic heterocycles. The molecule has 1 aliphatic rings. The molecule has 1 aromatic carbocycles. The van der Waals surface area contributed by atoms with Gasteiger partial charge in [0.15, 0.2) is 0 Å². The van der Waals surface area contributed by atoms with Crippen LogP contribution in [0.3, 0.4) is 0 Å². The first-order valence-electron chi connectivity index (χ1n) is 8.40. The summed E-state index contributed by atoms with van der Waals surface area (Å²) < 4.78 is 31.7. The van der Waals surface area contributed by atoms with Crippen molar-refractivity contribution in [1.29, 1.82) is 0 Å². The Hall–Kier alpha value is -1.96. The zero-order valence-corrected chi connectivity index (χ0v) is 15.0. The number of ether oxygens (including phenoxy) is 1. The largest absolute Gasteiger partial charge is 0.373 e. The van der Waals surface area contributed by atoms with Gasteiger partial charge in [-0.2, -0.15) is 0 Å². The number of nitrogens with zero attached hydrogens (tertiary/aromatic N) is 1. The molecule has 0 spiro atoms. The zero-order chi connectivity index (χ0) is 17.7. The van der Waals surface area contributed by atoms with Gasteiger partial charge in [0, 0.05) is 25.3 Å². The Morgan fingerprint density at radius 2 is 2.00 bits per heavy atom. The summed E-state index contributed by atoms with van der Waals surface area (Å²) >= 11 is 0. The summed E-state index contributed by atoms with van der Waals surface area (Å²) in [6.07, 6.45) is 3.56. The average molecular weight is 361 g/mol. The van der Waals surface area contributed by atoms with Gasteiger partial charge in [-0.25, -0.2) is 18.1 Å². The van der Waals surface area contributed by atoms with Gasteiger partial charge in [-0.15, -0.1) is 0 Å². The summed E-state index contributed by atoms with van der Waals surface area (Å²) in [5, 5.41) is 3.30. The first kappa shape index (κ1) is 17.8. The number of nitrogens with one attached hydrogen (secondary N) is 2. The Kier molecular flexibility index (Phi) is 5.67. The maximum absolute atomic E-state index is 11.7. The maximum Gasteiger partial charge on any atom is 0.241 e. The lowest BCUT2D eigenvalue weighted by molar-refractivity contribution is -0.0238. The Morgan fingerprint density at radius 1 is 1.20 bits per heavy atom. The van der Waals surface area contributed by atoms with Gasteiger partial charge in [0.2, 0.25) is 10.0 Å². The number of anilines is 1. The van der Waals surface area contributed by atoms with Crippen molar-refractivity contribution in [3.63, 3.8) is 0 Å². The minimum Gasteiger partial charge on any atom is -0.373 e. The first-order valence-corrected chi connectivity index (χ1v) is 9.88. The summed E-state index contributed by atoms with van der Waals surface area (Å²) in [5.74, 6) is 1.01. The zero-order valence-electron chi connectivity index (χ0n) is 14.2. The fraction of sp³-hybridized carbons (Fsp3) is 0.389. The van der Waals surface area contributed by atoms with Crippen LogP contribution in [0.25, 0.3) is 0 Å². The lowest BCUT2D eigenvalue weighted by Gasteiger charge is -2.32. The van der Waals surface area contributed by atoms with Crippen molar-refractivity contribution in [3.05, 3.63) is 54.2 Å². The molecule has 7 heteroatoms. The van der Waals surface area contributed by atoms with Crippen LogP contribution in [0, 0.1) is 5.92 Å². The number of benzene rings is 1. The fourth-order valence-corrected chi connectivity index (χ4v) is 3.74. The lowest BCUT2D eigenvalue weighted by atomic mass is 9.89. The van der Waals surface area contributed by atoms with Gasteiger partial charge in [-0.3, -0.25) is 0 Å². The topological polar surface area (TPSA) is 80.3 Å². The second-order valence-corrected chi connectivity index (χ2v) is 7.96. The molecular weight excluding hydrogens is 338 g/mol. The quantitative estimate of drug-likeness (QED) is 0.827. The molecule has 1 aromatic heterocycles. The third-order valence-corrected chi connectivity index (χ3v) is 5.83. The van der Waals surface area contributed by atoms with Gasteiger partial charge in [-0.1, -0.05) is 30.3 Å². The van der Waals surface area contributed by atoms with E-state index in [0.29, 0.717) is 11.7 Å². The van der Waals surface area contributed by atoms with Crippen LogP contribution in [-0.2, 0) is 14.8 Å². The van der Waals surface area contributed by atoms with Crippen LogP contribution in [0.4, 0.5) is 5.82 Å². The van der Waals surface area contributed by atoms with Crippen molar-refractivity contribution in [2.75, 3.05) is 25.5 Å². The van der Waals surface area contributed by atoms with Gasteiger partial charge in [0.25, 0.3) is 0 Å². The van der Waals surface area contributed by atoms with Crippen LogP contribution in [-0.4, -0.2) is 33.6 Å². The van der Waals surface area contributed by atoms with Crippen LogP contribution in [0.5, 0.6) is 0 Å². The van der Waals surface area contributed by atoms with E-state index >= 15 is 0 Å². The summed E-state index contributed by atoms with van der Waals surface area (Å²) in [5.41, 5.74) is 1.19. The Balaban J connectivity index is 1.65.